The summed E-state index contributed by atoms with van der Waals surface area (Å²) in [7, 11) is 0. The molecule has 0 radical (unpaired) electrons. The number of hydrogen-bond donors (Lipinski definition) is 1. The molecule has 0 aliphatic heterocycles. The van der Waals surface area contributed by atoms with E-state index in [9.17, 15) is 4.79 Å². The van der Waals surface area contributed by atoms with E-state index in [1.54, 1.807) is 24.3 Å². The van der Waals surface area contributed by atoms with Crippen LogP contribution in [0.4, 0.5) is 10.5 Å². The summed E-state index contributed by atoms with van der Waals surface area (Å²) >= 11 is 7.65. The Morgan fingerprint density at radius 1 is 1.33 bits per heavy atom. The van der Waals surface area contributed by atoms with Crippen LogP contribution in [0.25, 0.3) is 0 Å². The van der Waals surface area contributed by atoms with Crippen LogP contribution in [0.2, 0.25) is 5.02 Å². The van der Waals surface area contributed by atoms with Crippen molar-refractivity contribution in [2.24, 2.45) is 0 Å². The van der Waals surface area contributed by atoms with Crippen molar-refractivity contribution in [2.75, 3.05) is 25.1 Å². The Hall–Kier alpha value is -0.970. The Bertz CT molecular complexity index is 439. The fourth-order valence-corrected chi connectivity index (χ4v) is 1.31. The third-order valence-corrected chi connectivity index (χ3v) is 2.43. The van der Waals surface area contributed by atoms with Gasteiger partial charge in [0.05, 0.1) is 6.61 Å². The molecule has 0 aliphatic carbocycles. The lowest BCUT2D eigenvalue weighted by molar-refractivity contribution is 0.0943. The predicted octanol–water partition coefficient (Wildman–Crippen LogP) is 3.30. The summed E-state index contributed by atoms with van der Waals surface area (Å²) in [6.45, 7) is 0.840. The maximum atomic E-state index is 11.3. The summed E-state index contributed by atoms with van der Waals surface area (Å²) in [5, 5.41) is 3.18. The highest BCUT2D eigenvalue weighted by atomic mass is 127. The SMILES string of the molecule is O=C(Nc1ccc(Cl)cc1)OCCOCC#CI. The second-order valence-corrected chi connectivity index (χ2v) is 4.07. The fourth-order valence-electron chi connectivity index (χ4n) is 1.03. The molecule has 0 atom stereocenters. The third kappa shape index (κ3) is 6.69. The Balaban J connectivity index is 2.17. The van der Waals surface area contributed by atoms with Crippen LogP contribution >= 0.6 is 34.2 Å². The Kier molecular flexibility index (Phi) is 7.57. The van der Waals surface area contributed by atoms with Crippen molar-refractivity contribution < 1.29 is 14.3 Å². The molecule has 0 saturated carbocycles. The summed E-state index contributed by atoms with van der Waals surface area (Å²) in [5.41, 5.74) is 0.626. The third-order valence-electron chi connectivity index (χ3n) is 1.79. The topological polar surface area (TPSA) is 47.6 Å². The fraction of sp³-hybridized carbons (Fsp3) is 0.250. The van der Waals surface area contributed by atoms with E-state index in [1.807, 2.05) is 22.6 Å². The average molecular weight is 380 g/mol. The number of anilines is 1. The van der Waals surface area contributed by atoms with Crippen molar-refractivity contribution in [2.45, 2.75) is 0 Å². The first-order valence-corrected chi connectivity index (χ1v) is 6.53. The number of rotatable bonds is 5. The zero-order valence-corrected chi connectivity index (χ0v) is 12.3. The minimum Gasteiger partial charge on any atom is -0.447 e. The van der Waals surface area contributed by atoms with E-state index < -0.39 is 6.09 Å². The molecule has 1 N–H and O–H groups in total. The zero-order valence-electron chi connectivity index (χ0n) is 9.41. The van der Waals surface area contributed by atoms with E-state index in [2.05, 4.69) is 15.2 Å². The van der Waals surface area contributed by atoms with E-state index in [0.717, 1.165) is 0 Å². The van der Waals surface area contributed by atoms with Gasteiger partial charge in [-0.2, -0.15) is 0 Å². The van der Waals surface area contributed by atoms with E-state index >= 15 is 0 Å². The molecule has 18 heavy (non-hydrogen) atoms. The maximum Gasteiger partial charge on any atom is 0.411 e. The number of ether oxygens (including phenoxy) is 2. The van der Waals surface area contributed by atoms with E-state index in [4.69, 9.17) is 21.1 Å². The minimum absolute atomic E-state index is 0.183. The van der Waals surface area contributed by atoms with Crippen molar-refractivity contribution in [1.82, 2.24) is 0 Å². The molecule has 6 heteroatoms. The molecule has 4 nitrogen and oxygen atoms in total. The summed E-state index contributed by atoms with van der Waals surface area (Å²) in [6, 6.07) is 6.75. The van der Waals surface area contributed by atoms with Gasteiger partial charge in [0.1, 0.15) is 13.2 Å². The lowest BCUT2D eigenvalue weighted by Gasteiger charge is -2.06. The van der Waals surface area contributed by atoms with Crippen LogP contribution in [0.1, 0.15) is 0 Å². The molecule has 0 saturated heterocycles. The van der Waals surface area contributed by atoms with Crippen molar-refractivity contribution >= 4 is 46.0 Å². The Morgan fingerprint density at radius 2 is 2.06 bits per heavy atom. The first-order chi connectivity index (χ1) is 8.72. The van der Waals surface area contributed by atoms with Gasteiger partial charge < -0.3 is 9.47 Å². The van der Waals surface area contributed by atoms with Gasteiger partial charge in [0.2, 0.25) is 0 Å². The van der Waals surface area contributed by atoms with Gasteiger partial charge in [-0.05, 0) is 28.2 Å². The van der Waals surface area contributed by atoms with E-state index in [0.29, 0.717) is 23.9 Å². The molecule has 1 rings (SSSR count). The predicted molar refractivity (Wildman–Crippen MR) is 79.0 cm³/mol. The van der Waals surface area contributed by atoms with Crippen LogP contribution in [0.3, 0.4) is 0 Å². The molecule has 0 heterocycles. The monoisotopic (exact) mass is 379 g/mol. The molecular weight excluding hydrogens is 368 g/mol. The average Bonchev–Trinajstić information content (AvgIpc) is 2.36. The molecule has 0 spiro atoms. The lowest BCUT2D eigenvalue weighted by atomic mass is 10.3. The molecule has 0 bridgehead atoms. The number of benzene rings is 1. The molecule has 1 amide bonds. The minimum atomic E-state index is -0.527. The standard InChI is InChI=1S/C12H11ClINO3/c13-10-2-4-11(5-3-10)15-12(16)18-9-8-17-7-1-6-14/h2-5H,7-9H2,(H,15,16). The van der Waals surface area contributed by atoms with Gasteiger partial charge in [0.15, 0.2) is 0 Å². The van der Waals surface area contributed by atoms with Crippen molar-refractivity contribution in [1.29, 1.82) is 0 Å². The molecule has 1 aromatic carbocycles. The van der Waals surface area contributed by atoms with Gasteiger partial charge in [-0.1, -0.05) is 17.5 Å². The number of nitrogens with one attached hydrogen (secondary N) is 1. The number of amides is 1. The van der Waals surface area contributed by atoms with E-state index in [-0.39, 0.29) is 6.61 Å². The van der Waals surface area contributed by atoms with Gasteiger partial charge in [0.25, 0.3) is 0 Å². The summed E-state index contributed by atoms with van der Waals surface area (Å²) in [6.07, 6.45) is -0.527. The largest absolute Gasteiger partial charge is 0.447 e. The molecule has 96 valence electrons. The van der Waals surface area contributed by atoms with Gasteiger partial charge in [-0.15, -0.1) is 0 Å². The summed E-state index contributed by atoms with van der Waals surface area (Å²) in [5.74, 6) is 2.73. The van der Waals surface area contributed by atoms with Crippen molar-refractivity contribution in [3.05, 3.63) is 29.3 Å². The lowest BCUT2D eigenvalue weighted by Crippen LogP contribution is -2.16. The normalized spacial score (nSPS) is 9.22. The van der Waals surface area contributed by atoms with Gasteiger partial charge in [0, 0.05) is 33.3 Å². The highest BCUT2D eigenvalue weighted by Gasteiger charge is 2.02. The molecule has 0 aromatic heterocycles. The highest BCUT2D eigenvalue weighted by Crippen LogP contribution is 2.13. The van der Waals surface area contributed by atoms with Crippen molar-refractivity contribution in [3.8, 4) is 9.85 Å². The molecule has 0 fully saturated rings. The first-order valence-electron chi connectivity index (χ1n) is 5.08. The molecule has 1 aromatic rings. The molecular formula is C12H11ClINO3. The van der Waals surface area contributed by atoms with Gasteiger partial charge in [-0.3, -0.25) is 5.32 Å². The van der Waals surface area contributed by atoms with Gasteiger partial charge >= 0.3 is 6.09 Å². The zero-order chi connectivity index (χ0) is 13.2. The second kappa shape index (κ2) is 9.03. The van der Waals surface area contributed by atoms with Crippen molar-refractivity contribution in [3.63, 3.8) is 0 Å². The number of carbonyl (C=O) groups is 1. The van der Waals surface area contributed by atoms with Gasteiger partial charge in [-0.25, -0.2) is 4.79 Å². The summed E-state index contributed by atoms with van der Waals surface area (Å²) in [4.78, 5) is 11.3. The van der Waals surface area contributed by atoms with Crippen LogP contribution in [-0.2, 0) is 9.47 Å². The Labute approximate surface area is 124 Å². The summed E-state index contributed by atoms with van der Waals surface area (Å²) < 4.78 is 12.7. The highest BCUT2D eigenvalue weighted by molar-refractivity contribution is 14.1. The number of hydrogen-bond acceptors (Lipinski definition) is 3. The van der Waals surface area contributed by atoms with Crippen LogP contribution in [0.15, 0.2) is 24.3 Å². The Morgan fingerprint density at radius 3 is 2.72 bits per heavy atom. The van der Waals surface area contributed by atoms with E-state index in [1.165, 1.54) is 0 Å². The maximum absolute atomic E-state index is 11.3. The smallest absolute Gasteiger partial charge is 0.411 e. The first kappa shape index (κ1) is 15.1. The number of carbonyl (C=O) groups excluding carboxylic acids is 1. The molecule has 0 unspecified atom stereocenters. The van der Waals surface area contributed by atoms with Crippen LogP contribution in [0, 0.1) is 9.85 Å². The second-order valence-electron chi connectivity index (χ2n) is 3.09. The van der Waals surface area contributed by atoms with Crippen LogP contribution in [0.5, 0.6) is 0 Å². The number of halogens is 2. The quantitative estimate of drug-likeness (QED) is 0.485. The van der Waals surface area contributed by atoms with Crippen LogP contribution < -0.4 is 5.32 Å². The van der Waals surface area contributed by atoms with Crippen LogP contribution in [-0.4, -0.2) is 25.9 Å². The molecule has 0 aliphatic rings.